The van der Waals surface area contributed by atoms with Gasteiger partial charge in [0.15, 0.2) is 0 Å². The lowest BCUT2D eigenvalue weighted by Crippen LogP contribution is -2.03. The fraction of sp³-hybridized carbons (Fsp3) is 0.385. The van der Waals surface area contributed by atoms with Crippen molar-refractivity contribution in [2.24, 2.45) is 7.05 Å². The molecule has 0 aliphatic heterocycles. The Hall–Kier alpha value is -2.04. The Balaban J connectivity index is 2.01. The van der Waals surface area contributed by atoms with Crippen LogP contribution >= 0.6 is 0 Å². The first-order valence-electron chi connectivity index (χ1n) is 6.12. The van der Waals surface area contributed by atoms with Gasteiger partial charge in [-0.1, -0.05) is 0 Å². The van der Waals surface area contributed by atoms with E-state index in [0.717, 1.165) is 30.3 Å². The summed E-state index contributed by atoms with van der Waals surface area (Å²) in [5, 5.41) is 10.9. The molecule has 0 unspecified atom stereocenters. The van der Waals surface area contributed by atoms with Crippen LogP contribution in [0.1, 0.15) is 18.2 Å². The summed E-state index contributed by atoms with van der Waals surface area (Å²) in [6.07, 6.45) is 3.84. The average molecular weight is 245 g/mol. The van der Waals surface area contributed by atoms with E-state index in [4.69, 9.17) is 0 Å². The zero-order valence-corrected chi connectivity index (χ0v) is 11.1. The molecule has 5 nitrogen and oxygen atoms in total. The van der Waals surface area contributed by atoms with Crippen LogP contribution in [0.2, 0.25) is 0 Å². The number of nitrogens with one attached hydrogen (secondary N) is 2. The standard InChI is InChI=1S/C13H19N5/c1-4-14-13-7-12(5-6-15-13)16-8-11-9-18(3)17-10(11)2/h5-7,9H,4,8H2,1-3H3,(H2,14,15,16). The summed E-state index contributed by atoms with van der Waals surface area (Å²) in [4.78, 5) is 4.24. The second kappa shape index (κ2) is 5.53. The van der Waals surface area contributed by atoms with Gasteiger partial charge in [0, 0.05) is 49.8 Å². The third-order valence-electron chi connectivity index (χ3n) is 2.72. The molecule has 0 bridgehead atoms. The van der Waals surface area contributed by atoms with Crippen LogP contribution in [-0.4, -0.2) is 21.3 Å². The topological polar surface area (TPSA) is 54.8 Å². The SMILES string of the molecule is CCNc1cc(NCc2cn(C)nc2C)ccn1. The van der Waals surface area contributed by atoms with Crippen LogP contribution < -0.4 is 10.6 Å². The summed E-state index contributed by atoms with van der Waals surface area (Å²) < 4.78 is 1.84. The third kappa shape index (κ3) is 3.00. The Morgan fingerprint density at radius 3 is 2.83 bits per heavy atom. The lowest BCUT2D eigenvalue weighted by molar-refractivity contribution is 0.756. The molecule has 0 aliphatic rings. The lowest BCUT2D eigenvalue weighted by Gasteiger charge is -2.07. The molecule has 2 N–H and O–H groups in total. The highest BCUT2D eigenvalue weighted by molar-refractivity contribution is 5.52. The maximum absolute atomic E-state index is 4.32. The lowest BCUT2D eigenvalue weighted by atomic mass is 10.2. The van der Waals surface area contributed by atoms with Crippen LogP contribution in [0.15, 0.2) is 24.5 Å². The van der Waals surface area contributed by atoms with Gasteiger partial charge in [0.25, 0.3) is 0 Å². The third-order valence-corrected chi connectivity index (χ3v) is 2.72. The van der Waals surface area contributed by atoms with E-state index in [-0.39, 0.29) is 0 Å². The smallest absolute Gasteiger partial charge is 0.127 e. The maximum Gasteiger partial charge on any atom is 0.127 e. The molecule has 2 heterocycles. The van der Waals surface area contributed by atoms with Gasteiger partial charge in [0.05, 0.1) is 5.69 Å². The van der Waals surface area contributed by atoms with Crippen molar-refractivity contribution in [1.82, 2.24) is 14.8 Å². The Labute approximate surface area is 107 Å². The first kappa shape index (κ1) is 12.4. The molecule has 0 saturated heterocycles. The number of hydrogen-bond acceptors (Lipinski definition) is 4. The number of hydrogen-bond donors (Lipinski definition) is 2. The van der Waals surface area contributed by atoms with Crippen molar-refractivity contribution >= 4 is 11.5 Å². The molecule has 2 aromatic rings. The van der Waals surface area contributed by atoms with Gasteiger partial charge in [0.1, 0.15) is 5.82 Å². The van der Waals surface area contributed by atoms with Gasteiger partial charge in [0.2, 0.25) is 0 Å². The van der Waals surface area contributed by atoms with Crippen molar-refractivity contribution in [3.63, 3.8) is 0 Å². The summed E-state index contributed by atoms with van der Waals surface area (Å²) in [6, 6.07) is 3.97. The molecule has 0 saturated carbocycles. The molecule has 0 aliphatic carbocycles. The van der Waals surface area contributed by atoms with E-state index in [0.29, 0.717) is 0 Å². The minimum absolute atomic E-state index is 0.773. The fourth-order valence-electron chi connectivity index (χ4n) is 1.84. The van der Waals surface area contributed by atoms with Gasteiger partial charge in [-0.05, 0) is 19.9 Å². The predicted molar refractivity (Wildman–Crippen MR) is 73.7 cm³/mol. The van der Waals surface area contributed by atoms with Crippen LogP contribution in [0.4, 0.5) is 11.5 Å². The summed E-state index contributed by atoms with van der Waals surface area (Å²) in [5.74, 6) is 0.894. The molecule has 96 valence electrons. The first-order chi connectivity index (χ1) is 8.69. The van der Waals surface area contributed by atoms with E-state index in [9.17, 15) is 0 Å². The van der Waals surface area contributed by atoms with E-state index in [1.54, 1.807) is 6.20 Å². The molecule has 2 rings (SSSR count). The molecular weight excluding hydrogens is 226 g/mol. The van der Waals surface area contributed by atoms with Crippen LogP contribution in [0, 0.1) is 6.92 Å². The number of aromatic nitrogens is 3. The quantitative estimate of drug-likeness (QED) is 0.847. The first-order valence-corrected chi connectivity index (χ1v) is 6.12. The molecule has 5 heteroatoms. The van der Waals surface area contributed by atoms with Gasteiger partial charge in [-0.2, -0.15) is 5.10 Å². The van der Waals surface area contributed by atoms with Crippen molar-refractivity contribution in [3.8, 4) is 0 Å². The highest BCUT2D eigenvalue weighted by Gasteiger charge is 2.03. The van der Waals surface area contributed by atoms with Gasteiger partial charge in [-0.15, -0.1) is 0 Å². The van der Waals surface area contributed by atoms with Crippen molar-refractivity contribution in [1.29, 1.82) is 0 Å². The van der Waals surface area contributed by atoms with E-state index < -0.39 is 0 Å². The van der Waals surface area contributed by atoms with E-state index in [1.165, 1.54) is 5.56 Å². The van der Waals surface area contributed by atoms with Crippen LogP contribution in [0.3, 0.4) is 0 Å². The van der Waals surface area contributed by atoms with Gasteiger partial charge < -0.3 is 10.6 Å². The Morgan fingerprint density at radius 2 is 2.17 bits per heavy atom. The molecule has 0 aromatic carbocycles. The number of pyridine rings is 1. The van der Waals surface area contributed by atoms with Crippen molar-refractivity contribution in [2.45, 2.75) is 20.4 Å². The molecule has 0 fully saturated rings. The predicted octanol–water partition coefficient (Wildman–Crippen LogP) is 2.17. The molecule has 0 amide bonds. The maximum atomic E-state index is 4.32. The van der Waals surface area contributed by atoms with Crippen molar-refractivity contribution < 1.29 is 0 Å². The highest BCUT2D eigenvalue weighted by atomic mass is 15.2. The van der Waals surface area contributed by atoms with E-state index >= 15 is 0 Å². The van der Waals surface area contributed by atoms with Gasteiger partial charge in [-0.25, -0.2) is 4.98 Å². The van der Waals surface area contributed by atoms with Gasteiger partial charge >= 0.3 is 0 Å². The second-order valence-electron chi connectivity index (χ2n) is 4.23. The van der Waals surface area contributed by atoms with Crippen molar-refractivity contribution in [2.75, 3.05) is 17.2 Å². The molecule has 0 radical (unpaired) electrons. The Bertz CT molecular complexity index is 518. The summed E-state index contributed by atoms with van der Waals surface area (Å²) in [7, 11) is 1.94. The number of anilines is 2. The minimum atomic E-state index is 0.773. The number of rotatable bonds is 5. The highest BCUT2D eigenvalue weighted by Crippen LogP contribution is 2.14. The Morgan fingerprint density at radius 1 is 1.33 bits per heavy atom. The number of nitrogens with zero attached hydrogens (tertiary/aromatic N) is 3. The second-order valence-corrected chi connectivity index (χ2v) is 4.23. The summed E-state index contributed by atoms with van der Waals surface area (Å²) in [6.45, 7) is 5.72. The minimum Gasteiger partial charge on any atom is -0.381 e. The normalized spacial score (nSPS) is 10.4. The molecule has 2 aromatic heterocycles. The van der Waals surface area contributed by atoms with Crippen LogP contribution in [0.5, 0.6) is 0 Å². The molecule has 0 spiro atoms. The summed E-state index contributed by atoms with van der Waals surface area (Å²) >= 11 is 0. The van der Waals surface area contributed by atoms with Gasteiger partial charge in [-0.3, -0.25) is 4.68 Å². The Kier molecular flexibility index (Phi) is 3.82. The van der Waals surface area contributed by atoms with E-state index in [2.05, 4.69) is 27.6 Å². The largest absolute Gasteiger partial charge is 0.381 e. The van der Waals surface area contributed by atoms with Crippen LogP contribution in [-0.2, 0) is 13.6 Å². The molecular formula is C13H19N5. The molecule has 0 atom stereocenters. The molecule has 18 heavy (non-hydrogen) atoms. The summed E-state index contributed by atoms with van der Waals surface area (Å²) in [5.41, 5.74) is 3.33. The van der Waals surface area contributed by atoms with Crippen molar-refractivity contribution in [3.05, 3.63) is 35.8 Å². The zero-order chi connectivity index (χ0) is 13.0. The van der Waals surface area contributed by atoms with E-state index in [1.807, 2.05) is 37.0 Å². The average Bonchev–Trinajstić information content (AvgIpc) is 2.66. The fourth-order valence-corrected chi connectivity index (χ4v) is 1.84. The van der Waals surface area contributed by atoms with Crippen LogP contribution in [0.25, 0.3) is 0 Å². The monoisotopic (exact) mass is 245 g/mol. The zero-order valence-electron chi connectivity index (χ0n) is 11.1. The number of aryl methyl sites for hydroxylation is 2.